The van der Waals surface area contributed by atoms with Crippen LogP contribution >= 0.6 is 23.2 Å². The summed E-state index contributed by atoms with van der Waals surface area (Å²) in [6, 6.07) is 20.7. The summed E-state index contributed by atoms with van der Waals surface area (Å²) in [5.74, 6) is 0.201. The van der Waals surface area contributed by atoms with Crippen molar-refractivity contribution in [2.45, 2.75) is 12.8 Å². The van der Waals surface area contributed by atoms with Crippen LogP contribution in [0.2, 0.25) is 10.0 Å². The van der Waals surface area contributed by atoms with Crippen molar-refractivity contribution in [1.29, 1.82) is 0 Å². The van der Waals surface area contributed by atoms with Crippen LogP contribution in [-0.2, 0) is 11.2 Å². The van der Waals surface area contributed by atoms with Gasteiger partial charge in [-0.2, -0.15) is 4.98 Å². The van der Waals surface area contributed by atoms with E-state index in [0.29, 0.717) is 38.6 Å². The lowest BCUT2D eigenvalue weighted by molar-refractivity contribution is -0.116. The Morgan fingerprint density at radius 3 is 2.47 bits per heavy atom. The summed E-state index contributed by atoms with van der Waals surface area (Å²) in [6.45, 7) is 0. The molecule has 1 heterocycles. The molecule has 1 N–H and O–H groups in total. The molecule has 1 amide bonds. The van der Waals surface area contributed by atoms with Crippen molar-refractivity contribution in [1.82, 2.24) is 10.1 Å². The molecule has 4 aromatic rings. The van der Waals surface area contributed by atoms with Crippen LogP contribution in [0.4, 0.5) is 5.69 Å². The lowest BCUT2D eigenvalue weighted by Gasteiger charge is -2.11. The zero-order chi connectivity index (χ0) is 22.5. The first kappa shape index (κ1) is 21.7. The first-order valence-corrected chi connectivity index (χ1v) is 10.5. The monoisotopic (exact) mass is 465 g/mol. The van der Waals surface area contributed by atoms with Crippen LogP contribution in [0.15, 0.2) is 77.3 Å². The Morgan fingerprint density at radius 1 is 0.906 bits per heavy atom. The first-order chi connectivity index (χ1) is 15.5. The van der Waals surface area contributed by atoms with E-state index in [1.54, 1.807) is 60.7 Å². The fourth-order valence-electron chi connectivity index (χ4n) is 3.09. The minimum absolute atomic E-state index is 0.0960. The number of aryl methyl sites for hydroxylation is 1. The number of halogens is 2. The molecule has 32 heavy (non-hydrogen) atoms. The van der Waals surface area contributed by atoms with Gasteiger partial charge in [-0.3, -0.25) is 9.59 Å². The number of carbonyl (C=O) groups is 2. The number of nitrogens with one attached hydrogen (secondary N) is 1. The van der Waals surface area contributed by atoms with Gasteiger partial charge in [0.15, 0.2) is 5.78 Å². The summed E-state index contributed by atoms with van der Waals surface area (Å²) in [6.07, 6.45) is 0.341. The molecular formula is C24H17Cl2N3O3. The number of rotatable bonds is 7. The molecule has 3 aromatic carbocycles. The third-order valence-electron chi connectivity index (χ3n) is 4.65. The zero-order valence-electron chi connectivity index (χ0n) is 16.7. The Kier molecular flexibility index (Phi) is 6.63. The van der Waals surface area contributed by atoms with Gasteiger partial charge < -0.3 is 9.84 Å². The highest BCUT2D eigenvalue weighted by atomic mass is 35.5. The SMILES string of the molecule is O=C(CCc1nc(-c2cccc(Cl)c2)no1)Nc1ccc(Cl)cc1C(=O)c1ccccc1. The van der Waals surface area contributed by atoms with Crippen LogP contribution < -0.4 is 5.32 Å². The maximum atomic E-state index is 12.9. The second kappa shape index (κ2) is 9.77. The number of hydrogen-bond donors (Lipinski definition) is 1. The fourth-order valence-corrected chi connectivity index (χ4v) is 3.46. The topological polar surface area (TPSA) is 85.1 Å². The van der Waals surface area contributed by atoms with Crippen molar-refractivity contribution in [3.63, 3.8) is 0 Å². The van der Waals surface area contributed by atoms with Crippen molar-refractivity contribution >= 4 is 40.6 Å². The van der Waals surface area contributed by atoms with Crippen molar-refractivity contribution in [3.05, 3.63) is 99.9 Å². The number of benzene rings is 3. The maximum absolute atomic E-state index is 12.9. The lowest BCUT2D eigenvalue weighted by Crippen LogP contribution is -2.15. The van der Waals surface area contributed by atoms with Crippen molar-refractivity contribution in [2.75, 3.05) is 5.32 Å². The molecule has 8 heteroatoms. The first-order valence-electron chi connectivity index (χ1n) is 9.77. The predicted molar refractivity (Wildman–Crippen MR) is 123 cm³/mol. The van der Waals surface area contributed by atoms with Crippen LogP contribution in [0.3, 0.4) is 0 Å². The van der Waals surface area contributed by atoms with E-state index in [1.165, 1.54) is 0 Å². The quantitative estimate of drug-likeness (QED) is 0.346. The number of aromatic nitrogens is 2. The molecule has 0 saturated heterocycles. The molecule has 0 aliphatic heterocycles. The maximum Gasteiger partial charge on any atom is 0.227 e. The van der Waals surface area contributed by atoms with Crippen LogP contribution in [0.1, 0.15) is 28.2 Å². The van der Waals surface area contributed by atoms with Gasteiger partial charge >= 0.3 is 0 Å². The Labute approximate surface area is 194 Å². The molecule has 0 unspecified atom stereocenters. The van der Waals surface area contributed by atoms with E-state index in [9.17, 15) is 9.59 Å². The number of anilines is 1. The van der Waals surface area contributed by atoms with Gasteiger partial charge in [0, 0.05) is 39.6 Å². The molecule has 4 rings (SSSR count). The average molecular weight is 466 g/mol. The Morgan fingerprint density at radius 2 is 1.69 bits per heavy atom. The van der Waals surface area contributed by atoms with Gasteiger partial charge in [-0.25, -0.2) is 0 Å². The van der Waals surface area contributed by atoms with Gasteiger partial charge in [0.1, 0.15) is 0 Å². The van der Waals surface area contributed by atoms with E-state index in [1.807, 2.05) is 12.1 Å². The number of hydrogen-bond acceptors (Lipinski definition) is 5. The summed E-state index contributed by atoms with van der Waals surface area (Å²) >= 11 is 12.1. The standard InChI is InChI=1S/C24H17Cl2N3O3/c25-17-8-4-7-16(13-17)24-28-22(32-29-24)12-11-21(30)27-20-10-9-18(26)14-19(20)23(31)15-5-2-1-3-6-15/h1-10,13-14H,11-12H2,(H,27,30). The van der Waals surface area contributed by atoms with Crippen LogP contribution in [0.25, 0.3) is 11.4 Å². The largest absolute Gasteiger partial charge is 0.339 e. The number of amides is 1. The van der Waals surface area contributed by atoms with Gasteiger partial charge in [0.2, 0.25) is 17.6 Å². The normalized spacial score (nSPS) is 10.7. The summed E-state index contributed by atoms with van der Waals surface area (Å²) < 4.78 is 5.24. The molecule has 0 saturated carbocycles. The molecule has 0 radical (unpaired) electrons. The van der Waals surface area contributed by atoms with Gasteiger partial charge in [-0.05, 0) is 30.3 Å². The molecule has 0 spiro atoms. The van der Waals surface area contributed by atoms with E-state index in [-0.39, 0.29) is 24.5 Å². The summed E-state index contributed by atoms with van der Waals surface area (Å²) in [5, 5.41) is 7.68. The second-order valence-corrected chi connectivity index (χ2v) is 7.83. The highest BCUT2D eigenvalue weighted by Crippen LogP contribution is 2.24. The number of nitrogens with zero attached hydrogens (tertiary/aromatic N) is 2. The van der Waals surface area contributed by atoms with Crippen molar-refractivity contribution in [3.8, 4) is 11.4 Å². The Bertz CT molecular complexity index is 1270. The molecule has 0 bridgehead atoms. The summed E-state index contributed by atoms with van der Waals surface area (Å²) in [5.41, 5.74) is 1.93. The van der Waals surface area contributed by atoms with Crippen LogP contribution in [0.5, 0.6) is 0 Å². The fraction of sp³-hybridized carbons (Fsp3) is 0.0833. The van der Waals surface area contributed by atoms with Crippen molar-refractivity contribution in [2.24, 2.45) is 0 Å². The van der Waals surface area contributed by atoms with E-state index < -0.39 is 0 Å². The van der Waals surface area contributed by atoms with E-state index >= 15 is 0 Å². The molecular weight excluding hydrogens is 449 g/mol. The summed E-state index contributed by atoms with van der Waals surface area (Å²) in [7, 11) is 0. The second-order valence-electron chi connectivity index (χ2n) is 6.96. The molecule has 160 valence electrons. The van der Waals surface area contributed by atoms with E-state index in [2.05, 4.69) is 15.5 Å². The third kappa shape index (κ3) is 5.22. The van der Waals surface area contributed by atoms with Gasteiger partial charge in [0.05, 0.1) is 5.69 Å². The molecule has 0 aliphatic rings. The Hall–Kier alpha value is -3.48. The zero-order valence-corrected chi connectivity index (χ0v) is 18.2. The van der Waals surface area contributed by atoms with Gasteiger partial charge in [0.25, 0.3) is 0 Å². The third-order valence-corrected chi connectivity index (χ3v) is 5.12. The number of carbonyl (C=O) groups excluding carboxylic acids is 2. The molecule has 0 atom stereocenters. The lowest BCUT2D eigenvalue weighted by atomic mass is 10.0. The number of ketones is 1. The van der Waals surface area contributed by atoms with Crippen LogP contribution in [0, 0.1) is 0 Å². The molecule has 1 aromatic heterocycles. The van der Waals surface area contributed by atoms with E-state index in [4.69, 9.17) is 27.7 Å². The minimum Gasteiger partial charge on any atom is -0.339 e. The molecule has 6 nitrogen and oxygen atoms in total. The van der Waals surface area contributed by atoms with Gasteiger partial charge in [-0.1, -0.05) is 70.8 Å². The highest BCUT2D eigenvalue weighted by Gasteiger charge is 2.17. The Balaban J connectivity index is 1.43. The summed E-state index contributed by atoms with van der Waals surface area (Å²) in [4.78, 5) is 29.7. The average Bonchev–Trinajstić information content (AvgIpc) is 3.28. The highest BCUT2D eigenvalue weighted by molar-refractivity contribution is 6.31. The molecule has 0 aliphatic carbocycles. The van der Waals surface area contributed by atoms with Crippen LogP contribution in [-0.4, -0.2) is 21.8 Å². The smallest absolute Gasteiger partial charge is 0.227 e. The molecule has 0 fully saturated rings. The van der Waals surface area contributed by atoms with E-state index in [0.717, 1.165) is 5.56 Å². The minimum atomic E-state index is -0.295. The van der Waals surface area contributed by atoms with Crippen molar-refractivity contribution < 1.29 is 14.1 Å². The van der Waals surface area contributed by atoms with Gasteiger partial charge in [-0.15, -0.1) is 0 Å². The predicted octanol–water partition coefficient (Wildman–Crippen LogP) is 5.85.